The summed E-state index contributed by atoms with van der Waals surface area (Å²) in [6.45, 7) is 2.15. The van der Waals surface area contributed by atoms with Crippen molar-refractivity contribution in [3.05, 3.63) is 44.6 Å². The van der Waals surface area contributed by atoms with Gasteiger partial charge in [-0.1, -0.05) is 34.5 Å². The third-order valence-corrected chi connectivity index (χ3v) is 5.97. The number of thiophene rings is 1. The van der Waals surface area contributed by atoms with Crippen LogP contribution in [0, 0.1) is 0 Å². The number of alkyl halides is 1. The van der Waals surface area contributed by atoms with Crippen LogP contribution in [0.25, 0.3) is 0 Å². The van der Waals surface area contributed by atoms with Crippen molar-refractivity contribution in [3.63, 3.8) is 0 Å². The first kappa shape index (κ1) is 15.7. The van der Waals surface area contributed by atoms with Gasteiger partial charge in [-0.15, -0.1) is 11.3 Å². The Morgan fingerprint density at radius 2 is 1.85 bits per heavy atom. The van der Waals surface area contributed by atoms with Crippen molar-refractivity contribution in [2.45, 2.75) is 18.2 Å². The van der Waals surface area contributed by atoms with E-state index in [9.17, 15) is 0 Å². The number of hydrogen-bond acceptors (Lipinski definition) is 3. The first-order valence-corrected chi connectivity index (χ1v) is 8.35. The van der Waals surface area contributed by atoms with Crippen molar-refractivity contribution < 1.29 is 9.47 Å². The maximum Gasteiger partial charge on any atom is 0.162 e. The third-order valence-electron chi connectivity index (χ3n) is 3.06. The SMILES string of the molecule is CCc1ccc(C(Br)c2cc(OC)c(OC)cc2Cl)s1. The van der Waals surface area contributed by atoms with Gasteiger partial charge in [0.25, 0.3) is 0 Å². The Morgan fingerprint density at radius 3 is 2.40 bits per heavy atom. The van der Waals surface area contributed by atoms with Gasteiger partial charge in [0.1, 0.15) is 0 Å². The van der Waals surface area contributed by atoms with Gasteiger partial charge in [0, 0.05) is 20.8 Å². The minimum Gasteiger partial charge on any atom is -0.493 e. The number of aryl methyl sites for hydroxylation is 1. The smallest absolute Gasteiger partial charge is 0.162 e. The zero-order valence-corrected chi connectivity index (χ0v) is 14.7. The van der Waals surface area contributed by atoms with Gasteiger partial charge in [-0.25, -0.2) is 0 Å². The van der Waals surface area contributed by atoms with Crippen molar-refractivity contribution in [3.8, 4) is 11.5 Å². The fraction of sp³-hybridized carbons (Fsp3) is 0.333. The molecule has 1 aromatic carbocycles. The van der Waals surface area contributed by atoms with Crippen molar-refractivity contribution in [2.24, 2.45) is 0 Å². The summed E-state index contributed by atoms with van der Waals surface area (Å²) in [5, 5.41) is 0.663. The van der Waals surface area contributed by atoms with Crippen LogP contribution in [-0.4, -0.2) is 14.2 Å². The molecule has 1 unspecified atom stereocenters. The molecule has 20 heavy (non-hydrogen) atoms. The summed E-state index contributed by atoms with van der Waals surface area (Å²) in [7, 11) is 3.23. The average molecular weight is 376 g/mol. The number of methoxy groups -OCH3 is 2. The van der Waals surface area contributed by atoms with Crippen LogP contribution in [0.15, 0.2) is 24.3 Å². The predicted octanol–water partition coefficient (Wildman–Crippen LogP) is 5.47. The van der Waals surface area contributed by atoms with E-state index in [0.717, 1.165) is 12.0 Å². The fourth-order valence-electron chi connectivity index (χ4n) is 1.94. The molecule has 0 amide bonds. The highest BCUT2D eigenvalue weighted by molar-refractivity contribution is 9.09. The molecule has 1 aromatic heterocycles. The Balaban J connectivity index is 2.40. The van der Waals surface area contributed by atoms with Crippen molar-refractivity contribution >= 4 is 38.9 Å². The van der Waals surface area contributed by atoms with Crippen LogP contribution in [0.4, 0.5) is 0 Å². The lowest BCUT2D eigenvalue weighted by molar-refractivity contribution is 0.354. The van der Waals surface area contributed by atoms with E-state index in [0.29, 0.717) is 16.5 Å². The molecule has 2 aromatic rings. The van der Waals surface area contributed by atoms with E-state index in [1.165, 1.54) is 9.75 Å². The monoisotopic (exact) mass is 374 g/mol. The van der Waals surface area contributed by atoms with E-state index < -0.39 is 0 Å². The molecule has 0 radical (unpaired) electrons. The quantitative estimate of drug-likeness (QED) is 0.646. The van der Waals surface area contributed by atoms with E-state index in [2.05, 4.69) is 35.0 Å². The maximum absolute atomic E-state index is 6.36. The molecular formula is C15H16BrClO2S. The van der Waals surface area contributed by atoms with E-state index in [1.54, 1.807) is 31.6 Å². The van der Waals surface area contributed by atoms with Crippen LogP contribution in [0.2, 0.25) is 5.02 Å². The molecule has 1 heterocycles. The van der Waals surface area contributed by atoms with Gasteiger partial charge in [-0.3, -0.25) is 0 Å². The largest absolute Gasteiger partial charge is 0.493 e. The summed E-state index contributed by atoms with van der Waals surface area (Å²) in [5.41, 5.74) is 0.980. The van der Waals surface area contributed by atoms with Crippen molar-refractivity contribution in [1.29, 1.82) is 0 Å². The van der Waals surface area contributed by atoms with Crippen molar-refractivity contribution in [1.82, 2.24) is 0 Å². The first-order valence-electron chi connectivity index (χ1n) is 6.24. The molecule has 1 atom stereocenters. The van der Waals surface area contributed by atoms with Gasteiger partial charge in [0.2, 0.25) is 0 Å². The van der Waals surface area contributed by atoms with E-state index in [1.807, 2.05) is 6.07 Å². The predicted molar refractivity (Wildman–Crippen MR) is 89.0 cm³/mol. The molecule has 0 bridgehead atoms. The molecule has 2 rings (SSSR count). The second-order valence-electron chi connectivity index (χ2n) is 4.25. The number of benzene rings is 1. The lowest BCUT2D eigenvalue weighted by atomic mass is 10.1. The van der Waals surface area contributed by atoms with Crippen LogP contribution >= 0.6 is 38.9 Å². The molecular weight excluding hydrogens is 360 g/mol. The zero-order chi connectivity index (χ0) is 14.7. The topological polar surface area (TPSA) is 18.5 Å². The molecule has 0 spiro atoms. The fourth-order valence-corrected chi connectivity index (χ4v) is 4.09. The van der Waals surface area contributed by atoms with E-state index in [-0.39, 0.29) is 4.83 Å². The van der Waals surface area contributed by atoms with Crippen LogP contribution in [0.5, 0.6) is 11.5 Å². The Kier molecular flexibility index (Phi) is 5.35. The highest BCUT2D eigenvalue weighted by Gasteiger charge is 2.19. The highest BCUT2D eigenvalue weighted by atomic mass is 79.9. The number of ether oxygens (including phenoxy) is 2. The third kappa shape index (κ3) is 3.13. The van der Waals surface area contributed by atoms with Crippen molar-refractivity contribution in [2.75, 3.05) is 14.2 Å². The lowest BCUT2D eigenvalue weighted by Crippen LogP contribution is -1.96. The van der Waals surface area contributed by atoms with E-state index >= 15 is 0 Å². The lowest BCUT2D eigenvalue weighted by Gasteiger charge is -2.15. The Labute approximate surface area is 136 Å². The minimum atomic E-state index is 0.0557. The van der Waals surface area contributed by atoms with Gasteiger partial charge >= 0.3 is 0 Å². The van der Waals surface area contributed by atoms with Crippen LogP contribution in [0.1, 0.15) is 27.1 Å². The number of rotatable bonds is 5. The summed E-state index contributed by atoms with van der Waals surface area (Å²) in [4.78, 5) is 2.65. The number of halogens is 2. The Bertz CT molecular complexity index is 598. The maximum atomic E-state index is 6.36. The zero-order valence-electron chi connectivity index (χ0n) is 11.6. The Morgan fingerprint density at radius 1 is 1.20 bits per heavy atom. The van der Waals surface area contributed by atoms with Gasteiger partial charge in [0.05, 0.1) is 19.0 Å². The normalized spacial score (nSPS) is 12.2. The van der Waals surface area contributed by atoms with E-state index in [4.69, 9.17) is 21.1 Å². The molecule has 0 N–H and O–H groups in total. The number of hydrogen-bond donors (Lipinski definition) is 0. The van der Waals surface area contributed by atoms with Crippen LogP contribution < -0.4 is 9.47 Å². The first-order chi connectivity index (χ1) is 9.60. The minimum absolute atomic E-state index is 0.0557. The van der Waals surface area contributed by atoms with Crippen LogP contribution in [-0.2, 0) is 6.42 Å². The van der Waals surface area contributed by atoms with Crippen LogP contribution in [0.3, 0.4) is 0 Å². The summed E-state index contributed by atoms with van der Waals surface area (Å²) >= 11 is 11.9. The summed E-state index contributed by atoms with van der Waals surface area (Å²) in [6, 6.07) is 8.00. The molecule has 0 saturated carbocycles. The summed E-state index contributed by atoms with van der Waals surface area (Å²) in [5.74, 6) is 1.32. The summed E-state index contributed by atoms with van der Waals surface area (Å²) < 4.78 is 10.6. The van der Waals surface area contributed by atoms with Gasteiger partial charge in [-0.2, -0.15) is 0 Å². The molecule has 0 aliphatic carbocycles. The second-order valence-corrected chi connectivity index (χ2v) is 6.77. The highest BCUT2D eigenvalue weighted by Crippen LogP contribution is 2.43. The van der Waals surface area contributed by atoms with Gasteiger partial charge in [-0.05, 0) is 30.2 Å². The standard InChI is InChI=1S/C15H16BrClO2S/c1-4-9-5-6-14(20-9)15(16)10-7-12(18-2)13(19-3)8-11(10)17/h5-8,15H,4H2,1-3H3. The molecule has 0 fully saturated rings. The second kappa shape index (κ2) is 6.83. The molecule has 0 aliphatic rings. The Hall–Kier alpha value is -0.710. The molecule has 2 nitrogen and oxygen atoms in total. The molecule has 0 saturated heterocycles. The average Bonchev–Trinajstić information content (AvgIpc) is 2.95. The summed E-state index contributed by atoms with van der Waals surface area (Å²) in [6.07, 6.45) is 1.05. The molecule has 5 heteroatoms. The molecule has 0 aliphatic heterocycles. The molecule has 108 valence electrons. The van der Waals surface area contributed by atoms with Gasteiger partial charge in [0.15, 0.2) is 11.5 Å². The van der Waals surface area contributed by atoms with Gasteiger partial charge < -0.3 is 9.47 Å².